The summed E-state index contributed by atoms with van der Waals surface area (Å²) in [5, 5.41) is -0.223. The van der Waals surface area contributed by atoms with Crippen LogP contribution in [-0.2, 0) is 4.79 Å². The van der Waals surface area contributed by atoms with Crippen LogP contribution in [0.15, 0.2) is 40.9 Å². The van der Waals surface area contributed by atoms with Crippen LogP contribution in [0.2, 0.25) is 25.1 Å². The molecule has 1 saturated heterocycles. The third-order valence-corrected chi connectivity index (χ3v) is 8.94. The van der Waals surface area contributed by atoms with Gasteiger partial charge in [-0.05, 0) is 48.9 Å². The number of fused-ring (bicyclic) bond motifs is 1. The first-order valence-electron chi connectivity index (χ1n) is 10.7. The number of imide groups is 1. The summed E-state index contributed by atoms with van der Waals surface area (Å²) in [6, 6.07) is 8.33. The molecule has 0 spiro atoms. The number of carbonyl (C=O) groups excluding carboxylic acids is 3. The van der Waals surface area contributed by atoms with E-state index in [0.717, 1.165) is 10.5 Å². The fourth-order valence-corrected chi connectivity index (χ4v) is 6.37. The van der Waals surface area contributed by atoms with E-state index in [1.54, 1.807) is 36.4 Å². The number of aryl methyl sites for hydroxylation is 1. The molecule has 0 aromatic heterocycles. The van der Waals surface area contributed by atoms with Gasteiger partial charge in [0.1, 0.15) is 11.8 Å². The molecule has 0 radical (unpaired) electrons. The fraction of sp³-hybridized carbons (Fsp3) is 0.160. The lowest BCUT2D eigenvalue weighted by Crippen LogP contribution is -2.67. The van der Waals surface area contributed by atoms with Crippen molar-refractivity contribution >= 4 is 97.3 Å². The molecule has 3 aromatic carbocycles. The fourth-order valence-electron chi connectivity index (χ4n) is 4.75. The van der Waals surface area contributed by atoms with E-state index in [1.807, 2.05) is 6.92 Å². The van der Waals surface area contributed by atoms with Gasteiger partial charge in [0.05, 0.1) is 44.4 Å². The Morgan fingerprint density at radius 1 is 0.784 bits per heavy atom. The van der Waals surface area contributed by atoms with Gasteiger partial charge >= 0.3 is 0 Å². The van der Waals surface area contributed by atoms with Gasteiger partial charge in [-0.3, -0.25) is 24.2 Å². The summed E-state index contributed by atoms with van der Waals surface area (Å²) in [6.07, 6.45) is 0. The van der Waals surface area contributed by atoms with Crippen molar-refractivity contribution in [3.05, 3.63) is 88.2 Å². The van der Waals surface area contributed by atoms with Crippen LogP contribution >= 0.6 is 73.9 Å². The van der Waals surface area contributed by atoms with Crippen LogP contribution in [0.1, 0.15) is 37.9 Å². The smallest absolute Gasteiger partial charge is 0.264 e. The van der Waals surface area contributed by atoms with E-state index in [9.17, 15) is 14.4 Å². The van der Waals surface area contributed by atoms with Crippen LogP contribution in [0.4, 0.5) is 5.69 Å². The molecule has 0 bridgehead atoms. The van der Waals surface area contributed by atoms with Crippen molar-refractivity contribution in [1.82, 2.24) is 4.90 Å². The molecule has 5 rings (SSSR count). The molecule has 0 aliphatic carbocycles. The second-order valence-corrected chi connectivity index (χ2v) is 11.3. The number of benzene rings is 3. The molecular formula is C25H14BrCl5N2O4. The molecule has 2 aliphatic rings. The first kappa shape index (κ1) is 26.6. The minimum absolute atomic E-state index is 0.154. The Morgan fingerprint density at radius 2 is 1.38 bits per heavy atom. The largest absolute Gasteiger partial charge is 0.496 e. The Labute approximate surface area is 245 Å². The Morgan fingerprint density at radius 3 is 1.92 bits per heavy atom. The second-order valence-electron chi connectivity index (χ2n) is 8.40. The zero-order chi connectivity index (χ0) is 26.9. The molecule has 3 amide bonds. The highest BCUT2D eigenvalue weighted by Crippen LogP contribution is 2.51. The normalized spacial score (nSPS) is 18.9. The summed E-state index contributed by atoms with van der Waals surface area (Å²) in [4.78, 5) is 43.4. The van der Waals surface area contributed by atoms with Crippen LogP contribution in [0.3, 0.4) is 0 Å². The molecule has 2 aliphatic heterocycles. The molecule has 37 heavy (non-hydrogen) atoms. The lowest BCUT2D eigenvalue weighted by Gasteiger charge is -2.50. The monoisotopic (exact) mass is 660 g/mol. The zero-order valence-corrected chi connectivity index (χ0v) is 24.3. The Balaban J connectivity index is 1.69. The minimum Gasteiger partial charge on any atom is -0.496 e. The number of rotatable bonds is 4. The standard InChI is InChI=1S/C25H14BrCl5N2O4/c1-9-7-11(27)4-5-13(9)32-21(12-8-10(26)3-6-14(12)37-2)22(25(32)36)33-23(34)15-16(24(33)35)18(29)20(31)19(30)17(15)28/h3-8,21-22H,1-2H3/t21-,22+/m0/s1. The van der Waals surface area contributed by atoms with E-state index in [0.29, 0.717) is 26.5 Å². The molecule has 0 N–H and O–H groups in total. The van der Waals surface area contributed by atoms with Crippen molar-refractivity contribution in [3.63, 3.8) is 0 Å². The van der Waals surface area contributed by atoms with Gasteiger partial charge in [0.25, 0.3) is 17.7 Å². The van der Waals surface area contributed by atoms with Crippen LogP contribution in [0.5, 0.6) is 5.75 Å². The number of β-lactam (4-membered cyclic amide) rings is 1. The van der Waals surface area contributed by atoms with Crippen molar-refractivity contribution < 1.29 is 19.1 Å². The average molecular weight is 664 g/mol. The number of methoxy groups -OCH3 is 1. The maximum atomic E-state index is 13.8. The maximum Gasteiger partial charge on any atom is 0.264 e. The van der Waals surface area contributed by atoms with Gasteiger partial charge in [0, 0.05) is 20.7 Å². The predicted molar refractivity (Wildman–Crippen MR) is 148 cm³/mol. The number of carbonyl (C=O) groups is 3. The Hall–Kier alpha value is -2.00. The van der Waals surface area contributed by atoms with Gasteiger partial charge < -0.3 is 4.74 Å². The Kier molecular flexibility index (Phi) is 6.92. The summed E-state index contributed by atoms with van der Waals surface area (Å²) in [6.45, 7) is 1.81. The summed E-state index contributed by atoms with van der Waals surface area (Å²) in [5.74, 6) is -1.62. The summed E-state index contributed by atoms with van der Waals surface area (Å²) in [5.41, 5.74) is 1.47. The van der Waals surface area contributed by atoms with Gasteiger partial charge in [-0.25, -0.2) is 0 Å². The van der Waals surface area contributed by atoms with Crippen molar-refractivity contribution in [2.24, 2.45) is 0 Å². The van der Waals surface area contributed by atoms with E-state index >= 15 is 0 Å². The van der Waals surface area contributed by atoms with Crippen LogP contribution in [0, 0.1) is 6.92 Å². The topological polar surface area (TPSA) is 66.9 Å². The SMILES string of the molecule is COc1ccc(Br)cc1[C@H]1[C@@H](N2C(=O)c3c(Cl)c(Cl)c(Cl)c(Cl)c3C2=O)C(=O)N1c1ccc(Cl)cc1C. The highest BCUT2D eigenvalue weighted by Gasteiger charge is 2.59. The first-order valence-corrected chi connectivity index (χ1v) is 13.3. The zero-order valence-electron chi connectivity index (χ0n) is 18.9. The van der Waals surface area contributed by atoms with Gasteiger partial charge in [-0.2, -0.15) is 0 Å². The predicted octanol–water partition coefficient (Wildman–Crippen LogP) is 7.79. The minimum atomic E-state index is -1.23. The lowest BCUT2D eigenvalue weighted by atomic mass is 9.85. The maximum absolute atomic E-state index is 13.8. The summed E-state index contributed by atoms with van der Waals surface area (Å²) >= 11 is 34.6. The number of amides is 3. The molecule has 0 unspecified atom stereocenters. The summed E-state index contributed by atoms with van der Waals surface area (Å²) in [7, 11) is 1.49. The highest BCUT2D eigenvalue weighted by molar-refractivity contribution is 9.10. The number of ether oxygens (including phenoxy) is 1. The third-order valence-electron chi connectivity index (χ3n) is 6.41. The first-order chi connectivity index (χ1) is 17.5. The van der Waals surface area contributed by atoms with Crippen molar-refractivity contribution in [2.75, 3.05) is 12.0 Å². The van der Waals surface area contributed by atoms with E-state index in [1.165, 1.54) is 12.0 Å². The number of nitrogens with zero attached hydrogens (tertiary/aromatic N) is 2. The van der Waals surface area contributed by atoms with Crippen LogP contribution in [0.25, 0.3) is 0 Å². The number of anilines is 1. The molecule has 6 nitrogen and oxygen atoms in total. The van der Waals surface area contributed by atoms with Crippen LogP contribution in [-0.4, -0.2) is 35.8 Å². The van der Waals surface area contributed by atoms with Crippen molar-refractivity contribution in [2.45, 2.75) is 19.0 Å². The van der Waals surface area contributed by atoms with Gasteiger partial charge in [0.2, 0.25) is 0 Å². The Bertz CT molecular complexity index is 1500. The van der Waals surface area contributed by atoms with E-state index < -0.39 is 29.8 Å². The van der Waals surface area contributed by atoms with Crippen molar-refractivity contribution in [1.29, 1.82) is 0 Å². The van der Waals surface area contributed by atoms with Gasteiger partial charge in [-0.1, -0.05) is 73.9 Å². The molecule has 12 heteroatoms. The van der Waals surface area contributed by atoms with E-state index in [4.69, 9.17) is 62.7 Å². The van der Waals surface area contributed by atoms with Gasteiger partial charge in [0.15, 0.2) is 0 Å². The molecule has 2 heterocycles. The van der Waals surface area contributed by atoms with Crippen molar-refractivity contribution in [3.8, 4) is 5.75 Å². The third kappa shape index (κ3) is 3.94. The highest BCUT2D eigenvalue weighted by atomic mass is 79.9. The lowest BCUT2D eigenvalue weighted by molar-refractivity contribution is -0.130. The van der Waals surface area contributed by atoms with E-state index in [2.05, 4.69) is 15.9 Å². The number of hydrogen-bond donors (Lipinski definition) is 0. The molecular weight excluding hydrogens is 649 g/mol. The molecule has 2 atom stereocenters. The molecule has 190 valence electrons. The number of halogens is 6. The second kappa shape index (κ2) is 9.63. The van der Waals surface area contributed by atoms with E-state index in [-0.39, 0.29) is 31.2 Å². The summed E-state index contributed by atoms with van der Waals surface area (Å²) < 4.78 is 6.29. The molecule has 0 saturated carbocycles. The quantitative estimate of drug-likeness (QED) is 0.124. The van der Waals surface area contributed by atoms with Crippen LogP contribution < -0.4 is 9.64 Å². The average Bonchev–Trinajstić information content (AvgIpc) is 3.11. The number of hydrogen-bond acceptors (Lipinski definition) is 4. The molecule has 3 aromatic rings. The van der Waals surface area contributed by atoms with Gasteiger partial charge in [-0.15, -0.1) is 0 Å². The molecule has 1 fully saturated rings.